The average molecular weight is 375 g/mol. The van der Waals surface area contributed by atoms with E-state index in [9.17, 15) is 14.7 Å². The number of hydrogen-bond acceptors (Lipinski definition) is 3. The van der Waals surface area contributed by atoms with Crippen LogP contribution in [-0.4, -0.2) is 15.6 Å². The quantitative estimate of drug-likeness (QED) is 0.715. The second-order valence-corrected chi connectivity index (χ2v) is 6.58. The first kappa shape index (κ1) is 16.0. The highest BCUT2D eigenvalue weighted by molar-refractivity contribution is 6.44. The summed E-state index contributed by atoms with van der Waals surface area (Å²) in [5.74, 6) is -1.05. The van der Waals surface area contributed by atoms with Gasteiger partial charge in [0.05, 0.1) is 21.2 Å². The van der Waals surface area contributed by atoms with Gasteiger partial charge in [0.2, 0.25) is 0 Å². The second kappa shape index (κ2) is 5.79. The third kappa shape index (κ3) is 2.39. The summed E-state index contributed by atoms with van der Waals surface area (Å²) in [5, 5.41) is 14.0. The Labute approximate surface area is 152 Å². The predicted octanol–water partition coefficient (Wildman–Crippen LogP) is 3.82. The van der Waals surface area contributed by atoms with E-state index in [0.29, 0.717) is 23.9 Å². The number of carbonyl (C=O) groups is 1. The number of anilines is 1. The van der Waals surface area contributed by atoms with Crippen LogP contribution in [0.3, 0.4) is 0 Å². The largest absolute Gasteiger partial charge is 0.506 e. The number of nitrogens with zero attached hydrogens (tertiary/aromatic N) is 1. The first-order chi connectivity index (χ1) is 12.0. The van der Waals surface area contributed by atoms with Crippen LogP contribution in [-0.2, 0) is 13.0 Å². The first-order valence-electron chi connectivity index (χ1n) is 7.61. The summed E-state index contributed by atoms with van der Waals surface area (Å²) in [7, 11) is 0. The zero-order valence-corrected chi connectivity index (χ0v) is 14.4. The monoisotopic (exact) mass is 374 g/mol. The number of hydrogen-bond donors (Lipinski definition) is 2. The van der Waals surface area contributed by atoms with Crippen LogP contribution in [0, 0.1) is 0 Å². The smallest absolute Gasteiger partial charge is 0.267 e. The van der Waals surface area contributed by atoms with E-state index in [0.717, 1.165) is 5.56 Å². The normalized spacial score (nSPS) is 12.6. The Bertz CT molecular complexity index is 1110. The SMILES string of the molecule is O=C(Nc1cccc(Cl)c1Cl)c1c(O)c2cccc3c2n(c1=O)CC3. The lowest BCUT2D eigenvalue weighted by atomic mass is 10.1. The minimum Gasteiger partial charge on any atom is -0.506 e. The Morgan fingerprint density at radius 3 is 2.72 bits per heavy atom. The van der Waals surface area contributed by atoms with Crippen molar-refractivity contribution in [2.75, 3.05) is 5.32 Å². The fourth-order valence-electron chi connectivity index (χ4n) is 3.21. The van der Waals surface area contributed by atoms with E-state index in [-0.39, 0.29) is 27.0 Å². The van der Waals surface area contributed by atoms with Gasteiger partial charge in [-0.1, -0.05) is 41.4 Å². The number of aromatic hydroxyl groups is 1. The van der Waals surface area contributed by atoms with Crippen LogP contribution in [0.25, 0.3) is 10.9 Å². The molecule has 126 valence electrons. The number of rotatable bonds is 2. The van der Waals surface area contributed by atoms with Crippen molar-refractivity contribution in [1.82, 2.24) is 4.57 Å². The van der Waals surface area contributed by atoms with Crippen LogP contribution in [0.1, 0.15) is 15.9 Å². The molecule has 7 heteroatoms. The van der Waals surface area contributed by atoms with Gasteiger partial charge in [-0.2, -0.15) is 0 Å². The zero-order valence-electron chi connectivity index (χ0n) is 12.8. The van der Waals surface area contributed by atoms with Gasteiger partial charge in [-0.05, 0) is 30.2 Å². The highest BCUT2D eigenvalue weighted by atomic mass is 35.5. The van der Waals surface area contributed by atoms with Crippen LogP contribution in [0.15, 0.2) is 41.2 Å². The molecule has 0 bridgehead atoms. The topological polar surface area (TPSA) is 71.3 Å². The van der Waals surface area contributed by atoms with Gasteiger partial charge in [0.25, 0.3) is 11.5 Å². The lowest BCUT2D eigenvalue weighted by Crippen LogP contribution is -2.28. The lowest BCUT2D eigenvalue weighted by molar-refractivity contribution is 0.102. The molecule has 1 amide bonds. The fraction of sp³-hybridized carbons (Fsp3) is 0.111. The number of amides is 1. The van der Waals surface area contributed by atoms with Crippen LogP contribution in [0.2, 0.25) is 10.0 Å². The summed E-state index contributed by atoms with van der Waals surface area (Å²) < 4.78 is 1.53. The molecular formula is C18H12Cl2N2O3. The zero-order chi connectivity index (χ0) is 17.7. The van der Waals surface area contributed by atoms with Crippen molar-refractivity contribution in [1.29, 1.82) is 0 Å². The number of nitrogens with one attached hydrogen (secondary N) is 1. The fourth-order valence-corrected chi connectivity index (χ4v) is 3.56. The molecular weight excluding hydrogens is 363 g/mol. The van der Waals surface area contributed by atoms with Gasteiger partial charge in [0, 0.05) is 11.9 Å². The van der Waals surface area contributed by atoms with Crippen molar-refractivity contribution in [3.05, 3.63) is 67.9 Å². The Kier molecular flexibility index (Phi) is 3.71. The molecule has 0 radical (unpaired) electrons. The van der Waals surface area contributed by atoms with E-state index in [1.54, 1.807) is 30.3 Å². The molecule has 0 fully saturated rings. The maximum atomic E-state index is 12.7. The second-order valence-electron chi connectivity index (χ2n) is 5.80. The number of carbonyl (C=O) groups excluding carboxylic acids is 1. The molecule has 25 heavy (non-hydrogen) atoms. The maximum Gasteiger partial charge on any atom is 0.267 e. The molecule has 4 rings (SSSR count). The first-order valence-corrected chi connectivity index (χ1v) is 8.37. The minimum atomic E-state index is -0.727. The van der Waals surface area contributed by atoms with E-state index in [1.165, 1.54) is 4.57 Å². The van der Waals surface area contributed by atoms with E-state index in [2.05, 4.69) is 5.32 Å². The summed E-state index contributed by atoms with van der Waals surface area (Å²) in [4.78, 5) is 25.4. The Morgan fingerprint density at radius 1 is 1.16 bits per heavy atom. The van der Waals surface area contributed by atoms with E-state index < -0.39 is 11.5 Å². The highest BCUT2D eigenvalue weighted by Gasteiger charge is 2.26. The molecule has 3 aromatic rings. The number of benzene rings is 2. The van der Waals surface area contributed by atoms with E-state index in [1.807, 2.05) is 6.07 Å². The van der Waals surface area contributed by atoms with Crippen LogP contribution < -0.4 is 10.9 Å². The number of halogens is 2. The van der Waals surface area contributed by atoms with Crippen LogP contribution >= 0.6 is 23.2 Å². The van der Waals surface area contributed by atoms with Crippen LogP contribution in [0.4, 0.5) is 5.69 Å². The maximum absolute atomic E-state index is 12.7. The average Bonchev–Trinajstić information content (AvgIpc) is 3.02. The lowest BCUT2D eigenvalue weighted by Gasteiger charge is -2.12. The van der Waals surface area contributed by atoms with Crippen LogP contribution in [0.5, 0.6) is 5.75 Å². The summed E-state index contributed by atoms with van der Waals surface area (Å²) >= 11 is 12.0. The van der Waals surface area contributed by atoms with Gasteiger partial charge in [0.15, 0.2) is 0 Å². The minimum absolute atomic E-state index is 0.171. The summed E-state index contributed by atoms with van der Waals surface area (Å²) in [6.07, 6.45) is 0.692. The summed E-state index contributed by atoms with van der Waals surface area (Å²) in [6.45, 7) is 0.479. The predicted molar refractivity (Wildman–Crippen MR) is 98.0 cm³/mol. The Morgan fingerprint density at radius 2 is 1.92 bits per heavy atom. The number of pyridine rings is 1. The van der Waals surface area contributed by atoms with Gasteiger partial charge < -0.3 is 15.0 Å². The summed E-state index contributed by atoms with van der Waals surface area (Å²) in [6, 6.07) is 10.2. The molecule has 0 saturated carbocycles. The Balaban J connectivity index is 1.87. The molecule has 2 N–H and O–H groups in total. The number of para-hydroxylation sites is 1. The van der Waals surface area contributed by atoms with E-state index in [4.69, 9.17) is 23.2 Å². The molecule has 1 aliphatic heterocycles. The molecule has 0 atom stereocenters. The molecule has 2 heterocycles. The van der Waals surface area contributed by atoms with Crippen molar-refractivity contribution in [2.45, 2.75) is 13.0 Å². The highest BCUT2D eigenvalue weighted by Crippen LogP contribution is 2.33. The molecule has 5 nitrogen and oxygen atoms in total. The number of aromatic nitrogens is 1. The van der Waals surface area contributed by atoms with Gasteiger partial charge >= 0.3 is 0 Å². The molecule has 2 aromatic carbocycles. The third-order valence-corrected chi connectivity index (χ3v) is 5.19. The van der Waals surface area contributed by atoms with Gasteiger partial charge in [-0.3, -0.25) is 9.59 Å². The van der Waals surface area contributed by atoms with Crippen molar-refractivity contribution in [3.8, 4) is 5.75 Å². The molecule has 1 aromatic heterocycles. The number of aryl methyl sites for hydroxylation is 2. The molecule has 0 saturated heterocycles. The van der Waals surface area contributed by atoms with Crippen molar-refractivity contribution < 1.29 is 9.90 Å². The van der Waals surface area contributed by atoms with Crippen molar-refractivity contribution in [2.24, 2.45) is 0 Å². The van der Waals surface area contributed by atoms with E-state index >= 15 is 0 Å². The van der Waals surface area contributed by atoms with Gasteiger partial charge in [-0.25, -0.2) is 0 Å². The molecule has 0 spiro atoms. The van der Waals surface area contributed by atoms with Gasteiger partial charge in [0.1, 0.15) is 11.3 Å². The molecule has 1 aliphatic rings. The Hall–Kier alpha value is -2.50. The summed E-state index contributed by atoms with van der Waals surface area (Å²) in [5.41, 5.74) is 1.11. The third-order valence-electron chi connectivity index (χ3n) is 4.37. The standard InChI is InChI=1S/C18H12Cl2N2O3/c19-11-5-2-6-12(14(11)20)21-17(24)13-16(23)10-4-1-3-9-7-8-22(15(9)10)18(13)25/h1-6,23H,7-8H2,(H,21,24). The van der Waals surface area contributed by atoms with Crippen molar-refractivity contribution >= 4 is 45.7 Å². The molecule has 0 unspecified atom stereocenters. The van der Waals surface area contributed by atoms with Crippen molar-refractivity contribution in [3.63, 3.8) is 0 Å². The van der Waals surface area contributed by atoms with Gasteiger partial charge in [-0.15, -0.1) is 0 Å². The molecule has 0 aliphatic carbocycles.